The number of aliphatic hydroxyl groups excluding tert-OH is 1. The summed E-state index contributed by atoms with van der Waals surface area (Å²) < 4.78 is 42.7. The second kappa shape index (κ2) is 18.0. The Labute approximate surface area is 330 Å². The summed E-state index contributed by atoms with van der Waals surface area (Å²) >= 11 is 1.66. The van der Waals surface area contributed by atoms with Gasteiger partial charge in [0.25, 0.3) is 0 Å². The second-order valence-electron chi connectivity index (χ2n) is 15.2. The number of thiophene rings is 1. The summed E-state index contributed by atoms with van der Waals surface area (Å²) in [5, 5.41) is 12.1. The van der Waals surface area contributed by atoms with Crippen molar-refractivity contribution in [1.82, 2.24) is 9.97 Å². The van der Waals surface area contributed by atoms with Gasteiger partial charge in [-0.15, -0.1) is 40.5 Å². The van der Waals surface area contributed by atoms with Crippen LogP contribution in [0.25, 0.3) is 42.3 Å². The molecule has 287 valence electrons. The Bertz CT molecular complexity index is 2050. The molecule has 1 N–H and O–H groups in total. The number of aromatic nitrogens is 2. The van der Waals surface area contributed by atoms with Crippen LogP contribution in [0.3, 0.4) is 0 Å². The van der Waals surface area contributed by atoms with Crippen LogP contribution >= 0.6 is 11.3 Å². The van der Waals surface area contributed by atoms with E-state index in [9.17, 15) is 23.1 Å². The summed E-state index contributed by atoms with van der Waals surface area (Å²) in [7, 11) is 0. The molecule has 1 aliphatic carbocycles. The average Bonchev–Trinajstić information content (AvgIpc) is 3.50. The Morgan fingerprint density at radius 1 is 0.906 bits per heavy atom. The number of rotatable bonds is 9. The molecular weight excluding hydrogens is 870 g/mol. The van der Waals surface area contributed by atoms with Gasteiger partial charge in [-0.05, 0) is 61.5 Å². The maximum atomic E-state index is 13.5. The molecule has 0 saturated heterocycles. The van der Waals surface area contributed by atoms with E-state index in [1.165, 1.54) is 54.5 Å². The summed E-state index contributed by atoms with van der Waals surface area (Å²) in [6, 6.07) is 16.0. The summed E-state index contributed by atoms with van der Waals surface area (Å²) in [6.07, 6.45) is 8.42. The van der Waals surface area contributed by atoms with Crippen molar-refractivity contribution >= 4 is 48.2 Å². The SMILES string of the molecule is CC(C)(C)c1cc(-c2ncnc3c2sc2cc(C4CCCCC4)ccc23)[c-]c2cc(C(F)(F)F)ccc12.CCC(CC)C(=O)/C=C(\O)C(CC)CC.[Ir]. The molecule has 0 amide bonds. The molecule has 5 aromatic rings. The van der Waals surface area contributed by atoms with Gasteiger partial charge in [-0.2, -0.15) is 13.2 Å². The molecule has 4 nitrogen and oxygen atoms in total. The first-order valence-electron chi connectivity index (χ1n) is 18.9. The molecule has 1 radical (unpaired) electrons. The monoisotopic (exact) mass is 922 g/mol. The summed E-state index contributed by atoms with van der Waals surface area (Å²) in [6.45, 7) is 14.3. The molecule has 1 saturated carbocycles. The van der Waals surface area contributed by atoms with E-state index in [0.717, 1.165) is 64.0 Å². The topological polar surface area (TPSA) is 63.1 Å². The minimum Gasteiger partial charge on any atom is -0.512 e. The van der Waals surface area contributed by atoms with Crippen molar-refractivity contribution in [1.29, 1.82) is 0 Å². The fourth-order valence-electron chi connectivity index (χ4n) is 7.46. The predicted octanol–water partition coefficient (Wildman–Crippen LogP) is 13.7. The normalized spacial score (nSPS) is 14.5. The molecular formula is C44H52F3IrN2O2S-. The van der Waals surface area contributed by atoms with Crippen molar-refractivity contribution in [2.75, 3.05) is 0 Å². The van der Waals surface area contributed by atoms with Crippen LogP contribution in [0.5, 0.6) is 0 Å². The number of fused-ring (bicyclic) bond motifs is 4. The van der Waals surface area contributed by atoms with E-state index in [0.29, 0.717) is 16.9 Å². The van der Waals surface area contributed by atoms with Crippen LogP contribution < -0.4 is 0 Å². The van der Waals surface area contributed by atoms with Crippen LogP contribution in [-0.2, 0) is 36.5 Å². The van der Waals surface area contributed by atoms with Crippen molar-refractivity contribution < 1.29 is 43.2 Å². The third-order valence-corrected chi connectivity index (χ3v) is 11.8. The molecule has 9 heteroatoms. The van der Waals surface area contributed by atoms with Gasteiger partial charge in [-0.3, -0.25) is 9.78 Å². The zero-order chi connectivity index (χ0) is 37.8. The Kier molecular flexibility index (Phi) is 14.5. The van der Waals surface area contributed by atoms with Crippen LogP contribution in [0.2, 0.25) is 0 Å². The summed E-state index contributed by atoms with van der Waals surface area (Å²) in [5.74, 6) is 1.16. The van der Waals surface area contributed by atoms with Gasteiger partial charge in [0.1, 0.15) is 6.33 Å². The number of ketones is 1. The van der Waals surface area contributed by atoms with Gasteiger partial charge in [0, 0.05) is 64.1 Å². The molecule has 0 aliphatic heterocycles. The number of alkyl halides is 3. The van der Waals surface area contributed by atoms with Gasteiger partial charge in [0.15, 0.2) is 5.78 Å². The number of benzene rings is 3. The molecule has 1 aliphatic rings. The molecule has 2 aromatic heterocycles. The van der Waals surface area contributed by atoms with Gasteiger partial charge < -0.3 is 5.11 Å². The van der Waals surface area contributed by atoms with E-state index >= 15 is 0 Å². The molecule has 0 spiro atoms. The van der Waals surface area contributed by atoms with Gasteiger partial charge in [0.2, 0.25) is 0 Å². The van der Waals surface area contributed by atoms with Crippen molar-refractivity contribution in [2.45, 2.75) is 124 Å². The second-order valence-corrected chi connectivity index (χ2v) is 16.2. The minimum atomic E-state index is -4.41. The Morgan fingerprint density at radius 2 is 1.55 bits per heavy atom. The Hall–Kier alpha value is -3.13. The molecule has 6 rings (SSSR count). The van der Waals surface area contributed by atoms with Gasteiger partial charge in [-0.25, -0.2) is 4.98 Å². The van der Waals surface area contributed by atoms with Gasteiger partial charge in [0.05, 0.1) is 11.3 Å². The number of carbonyl (C=O) groups excluding carboxylic acids is 1. The van der Waals surface area contributed by atoms with Crippen molar-refractivity contribution in [3.8, 4) is 11.3 Å². The van der Waals surface area contributed by atoms with Crippen LogP contribution in [-0.4, -0.2) is 20.9 Å². The zero-order valence-electron chi connectivity index (χ0n) is 31.9. The molecule has 1 fully saturated rings. The first-order valence-corrected chi connectivity index (χ1v) is 19.7. The van der Waals surface area contributed by atoms with Gasteiger partial charge >= 0.3 is 6.18 Å². The van der Waals surface area contributed by atoms with E-state index in [4.69, 9.17) is 0 Å². The van der Waals surface area contributed by atoms with E-state index < -0.39 is 11.7 Å². The van der Waals surface area contributed by atoms with E-state index in [1.807, 2.05) is 33.8 Å². The number of nitrogens with zero attached hydrogens (tertiary/aromatic N) is 2. The number of hydrogen-bond donors (Lipinski definition) is 1. The van der Waals surface area contributed by atoms with E-state index in [2.05, 4.69) is 55.0 Å². The van der Waals surface area contributed by atoms with Crippen molar-refractivity contribution in [2.24, 2.45) is 11.8 Å². The fraction of sp³-hybridized carbons (Fsp3) is 0.477. The number of aliphatic hydroxyl groups is 1. The maximum Gasteiger partial charge on any atom is 0.409 e. The average molecular weight is 922 g/mol. The molecule has 0 bridgehead atoms. The first-order chi connectivity index (χ1) is 24.7. The molecule has 2 heterocycles. The minimum absolute atomic E-state index is 0. The van der Waals surface area contributed by atoms with E-state index in [1.54, 1.807) is 23.7 Å². The standard InChI is InChI=1S/C31H28F3N2S.C13H24O2.Ir/c1-30(2,3)25-15-21(13-20-14-22(31(32,33)34)10-12-23(20)25)27-29-28(36-17-35-27)24-11-9-19(16-26(24)37-29)18-7-5-4-6-8-18;1-5-10(6-2)12(14)9-13(15)11(7-3)8-4;/h9-12,14-18H,4-8H2,1-3H3;9-11,14H,5-8H2,1-4H3;/q-1;;/b;12-9-;. The number of hydrogen-bond acceptors (Lipinski definition) is 5. The Balaban J connectivity index is 0.000000335. The summed E-state index contributed by atoms with van der Waals surface area (Å²) in [5.41, 5.74) is 3.72. The van der Waals surface area contributed by atoms with Crippen molar-refractivity contribution in [3.63, 3.8) is 0 Å². The first kappa shape index (κ1) is 42.6. The zero-order valence-corrected chi connectivity index (χ0v) is 35.1. The van der Waals surface area contributed by atoms with Crippen molar-refractivity contribution in [3.05, 3.63) is 83.4 Å². The fourth-order valence-corrected chi connectivity index (χ4v) is 8.67. The van der Waals surface area contributed by atoms with Gasteiger partial charge in [-0.1, -0.05) is 103 Å². The molecule has 53 heavy (non-hydrogen) atoms. The third kappa shape index (κ3) is 9.76. The molecule has 0 unspecified atom stereocenters. The Morgan fingerprint density at radius 3 is 2.15 bits per heavy atom. The summed E-state index contributed by atoms with van der Waals surface area (Å²) in [4.78, 5) is 21.0. The number of halogens is 3. The third-order valence-electron chi connectivity index (χ3n) is 10.7. The quantitative estimate of drug-likeness (QED) is 0.0909. The van der Waals surface area contributed by atoms with E-state index in [-0.39, 0.29) is 48.9 Å². The van der Waals surface area contributed by atoms with Crippen LogP contribution in [0.15, 0.2) is 60.6 Å². The number of allylic oxidation sites excluding steroid dienone is 2. The molecule has 0 atom stereocenters. The maximum absolute atomic E-state index is 13.5. The van der Waals surface area contributed by atoms with Crippen LogP contribution in [0.1, 0.15) is 129 Å². The largest absolute Gasteiger partial charge is 0.512 e. The number of carbonyl (C=O) groups is 1. The molecule has 3 aromatic carbocycles. The smallest absolute Gasteiger partial charge is 0.409 e. The van der Waals surface area contributed by atoms with Crippen LogP contribution in [0.4, 0.5) is 13.2 Å². The predicted molar refractivity (Wildman–Crippen MR) is 210 cm³/mol. The van der Waals surface area contributed by atoms with Crippen LogP contribution in [0, 0.1) is 17.9 Å².